The zero-order valence-corrected chi connectivity index (χ0v) is 14.1. The number of rotatable bonds is 7. The number of benzene rings is 2. The summed E-state index contributed by atoms with van der Waals surface area (Å²) in [5, 5.41) is 20.7. The Morgan fingerprint density at radius 1 is 1.15 bits per heavy atom. The van der Waals surface area contributed by atoms with Crippen molar-refractivity contribution in [1.29, 1.82) is 0 Å². The number of para-hydroxylation sites is 2. The summed E-state index contributed by atoms with van der Waals surface area (Å²) in [6.45, 7) is 0.554. The van der Waals surface area contributed by atoms with E-state index in [0.717, 1.165) is 0 Å². The van der Waals surface area contributed by atoms with Crippen LogP contribution in [0, 0.1) is 15.9 Å². The van der Waals surface area contributed by atoms with E-state index >= 15 is 0 Å². The third kappa shape index (κ3) is 4.46. The van der Waals surface area contributed by atoms with Crippen LogP contribution in [0.2, 0.25) is 0 Å². The van der Waals surface area contributed by atoms with Gasteiger partial charge in [-0.3, -0.25) is 14.9 Å². The number of nitro benzene ring substituents is 1. The van der Waals surface area contributed by atoms with E-state index < -0.39 is 16.6 Å². The molecule has 0 aliphatic carbocycles. The molecule has 1 amide bonds. The minimum Gasteiger partial charge on any atom is -0.378 e. The van der Waals surface area contributed by atoms with Crippen molar-refractivity contribution in [3.63, 3.8) is 0 Å². The first kappa shape index (κ1) is 18.1. The number of halogens is 1. The molecule has 1 aromatic heterocycles. The first-order valence-electron chi connectivity index (χ1n) is 8.12. The molecule has 0 aliphatic rings. The molecule has 0 radical (unpaired) electrons. The highest BCUT2D eigenvalue weighted by Crippen LogP contribution is 2.22. The fraction of sp³-hybridized carbons (Fsp3) is 0.111. The number of nitrogens with zero attached hydrogens (tertiary/aromatic N) is 3. The quantitative estimate of drug-likeness (QED) is 0.379. The van der Waals surface area contributed by atoms with Crippen LogP contribution in [0.25, 0.3) is 5.69 Å². The van der Waals surface area contributed by atoms with Gasteiger partial charge in [0.05, 0.1) is 10.6 Å². The van der Waals surface area contributed by atoms with Crippen molar-refractivity contribution in [2.75, 3.05) is 18.4 Å². The third-order valence-electron chi connectivity index (χ3n) is 3.72. The zero-order chi connectivity index (χ0) is 19.2. The Kier molecular flexibility index (Phi) is 5.41. The summed E-state index contributed by atoms with van der Waals surface area (Å²) >= 11 is 0. The van der Waals surface area contributed by atoms with E-state index in [0.29, 0.717) is 17.9 Å². The number of carbonyl (C=O) groups excluding carboxylic acids is 1. The number of amides is 1. The van der Waals surface area contributed by atoms with E-state index in [1.165, 1.54) is 28.9 Å². The average Bonchev–Trinajstić information content (AvgIpc) is 3.15. The second-order valence-corrected chi connectivity index (χ2v) is 5.58. The molecule has 138 valence electrons. The number of hydrogen-bond donors (Lipinski definition) is 2. The van der Waals surface area contributed by atoms with Gasteiger partial charge in [0.15, 0.2) is 5.69 Å². The van der Waals surface area contributed by atoms with Crippen LogP contribution in [0.1, 0.15) is 10.5 Å². The predicted molar refractivity (Wildman–Crippen MR) is 97.4 cm³/mol. The first-order chi connectivity index (χ1) is 13.0. The van der Waals surface area contributed by atoms with Crippen LogP contribution < -0.4 is 10.6 Å². The predicted octanol–water partition coefficient (Wildman–Crippen LogP) is 2.76. The smallest absolute Gasteiger partial charge is 0.292 e. The first-order valence-corrected chi connectivity index (χ1v) is 8.12. The maximum Gasteiger partial charge on any atom is 0.292 e. The van der Waals surface area contributed by atoms with E-state index in [-0.39, 0.29) is 17.9 Å². The summed E-state index contributed by atoms with van der Waals surface area (Å²) in [7, 11) is 0. The van der Waals surface area contributed by atoms with E-state index in [2.05, 4.69) is 15.7 Å². The Morgan fingerprint density at radius 3 is 2.74 bits per heavy atom. The summed E-state index contributed by atoms with van der Waals surface area (Å²) in [6, 6.07) is 13.7. The van der Waals surface area contributed by atoms with Crippen LogP contribution in [0.3, 0.4) is 0 Å². The lowest BCUT2D eigenvalue weighted by atomic mass is 10.2. The number of hydrogen-bond acceptors (Lipinski definition) is 5. The lowest BCUT2D eigenvalue weighted by molar-refractivity contribution is -0.384. The summed E-state index contributed by atoms with van der Waals surface area (Å²) in [6.07, 6.45) is 1.56. The third-order valence-corrected chi connectivity index (χ3v) is 3.72. The molecule has 0 unspecified atom stereocenters. The molecule has 8 nitrogen and oxygen atoms in total. The number of anilines is 1. The molecular formula is C18H16FN5O3. The molecule has 0 saturated carbocycles. The lowest BCUT2D eigenvalue weighted by Gasteiger charge is -2.07. The van der Waals surface area contributed by atoms with Gasteiger partial charge in [0, 0.05) is 25.4 Å². The number of carbonyl (C=O) groups is 1. The molecule has 0 bridgehead atoms. The molecular weight excluding hydrogens is 353 g/mol. The van der Waals surface area contributed by atoms with Gasteiger partial charge in [-0.1, -0.05) is 18.2 Å². The van der Waals surface area contributed by atoms with Crippen molar-refractivity contribution in [1.82, 2.24) is 15.1 Å². The SMILES string of the molecule is O=C(NCCNc1ccccc1[N+](=O)[O-])c1ccn(-c2cccc(F)c2)n1. The van der Waals surface area contributed by atoms with Crippen LogP contribution in [0.4, 0.5) is 15.8 Å². The molecule has 0 spiro atoms. The molecule has 3 aromatic rings. The van der Waals surface area contributed by atoms with Crippen molar-refractivity contribution < 1.29 is 14.1 Å². The van der Waals surface area contributed by atoms with Gasteiger partial charge >= 0.3 is 0 Å². The number of aromatic nitrogens is 2. The van der Waals surface area contributed by atoms with Gasteiger partial charge < -0.3 is 10.6 Å². The van der Waals surface area contributed by atoms with Crippen molar-refractivity contribution in [2.45, 2.75) is 0 Å². The van der Waals surface area contributed by atoms with Gasteiger partial charge in [0.2, 0.25) is 0 Å². The molecule has 0 aliphatic heterocycles. The highest BCUT2D eigenvalue weighted by molar-refractivity contribution is 5.92. The van der Waals surface area contributed by atoms with Gasteiger partial charge in [-0.2, -0.15) is 5.10 Å². The van der Waals surface area contributed by atoms with Gasteiger partial charge in [-0.05, 0) is 30.3 Å². The maximum atomic E-state index is 13.3. The number of nitro groups is 1. The minimum atomic E-state index is -0.472. The summed E-state index contributed by atoms with van der Waals surface area (Å²) in [5.74, 6) is -0.787. The van der Waals surface area contributed by atoms with Gasteiger partial charge in [-0.15, -0.1) is 0 Å². The fourth-order valence-corrected chi connectivity index (χ4v) is 2.45. The van der Waals surface area contributed by atoms with E-state index in [9.17, 15) is 19.3 Å². The Bertz CT molecular complexity index is 973. The molecule has 27 heavy (non-hydrogen) atoms. The number of nitrogens with one attached hydrogen (secondary N) is 2. The lowest BCUT2D eigenvalue weighted by Crippen LogP contribution is -2.29. The maximum absolute atomic E-state index is 13.3. The van der Waals surface area contributed by atoms with Crippen molar-refractivity contribution in [2.24, 2.45) is 0 Å². The van der Waals surface area contributed by atoms with Crippen LogP contribution in [0.5, 0.6) is 0 Å². The van der Waals surface area contributed by atoms with Gasteiger partial charge in [0.25, 0.3) is 11.6 Å². The average molecular weight is 369 g/mol. The van der Waals surface area contributed by atoms with Crippen LogP contribution in [-0.4, -0.2) is 33.7 Å². The molecule has 0 fully saturated rings. The largest absolute Gasteiger partial charge is 0.378 e. The highest BCUT2D eigenvalue weighted by Gasteiger charge is 2.12. The van der Waals surface area contributed by atoms with Crippen LogP contribution in [-0.2, 0) is 0 Å². The van der Waals surface area contributed by atoms with Crippen molar-refractivity contribution >= 4 is 17.3 Å². The molecule has 2 aromatic carbocycles. The van der Waals surface area contributed by atoms with E-state index in [1.807, 2.05) is 0 Å². The second-order valence-electron chi connectivity index (χ2n) is 5.58. The zero-order valence-electron chi connectivity index (χ0n) is 14.1. The Hall–Kier alpha value is -3.75. The van der Waals surface area contributed by atoms with E-state index in [4.69, 9.17) is 0 Å². The molecule has 9 heteroatoms. The summed E-state index contributed by atoms with van der Waals surface area (Å²) in [4.78, 5) is 22.6. The van der Waals surface area contributed by atoms with Crippen molar-refractivity contribution in [3.05, 3.63) is 82.4 Å². The van der Waals surface area contributed by atoms with Gasteiger partial charge in [0.1, 0.15) is 11.5 Å². The molecule has 2 N–H and O–H groups in total. The standard InChI is InChI=1S/C18H16FN5O3/c19-13-4-3-5-14(12-13)23-11-8-16(22-23)18(25)21-10-9-20-15-6-1-2-7-17(15)24(26)27/h1-8,11-12,20H,9-10H2,(H,21,25). The molecule has 3 rings (SSSR count). The minimum absolute atomic E-state index is 0.0299. The Balaban J connectivity index is 1.54. The topological polar surface area (TPSA) is 102 Å². The fourth-order valence-electron chi connectivity index (χ4n) is 2.45. The summed E-state index contributed by atoms with van der Waals surface area (Å²) in [5.41, 5.74) is 1.04. The Labute approximate surface area is 153 Å². The molecule has 1 heterocycles. The van der Waals surface area contributed by atoms with Crippen LogP contribution in [0.15, 0.2) is 60.8 Å². The second kappa shape index (κ2) is 8.09. The van der Waals surface area contributed by atoms with Gasteiger partial charge in [-0.25, -0.2) is 9.07 Å². The molecule has 0 saturated heterocycles. The molecule has 0 atom stereocenters. The Morgan fingerprint density at radius 2 is 1.96 bits per heavy atom. The van der Waals surface area contributed by atoms with E-state index in [1.54, 1.807) is 36.5 Å². The van der Waals surface area contributed by atoms with Crippen LogP contribution >= 0.6 is 0 Å². The van der Waals surface area contributed by atoms with Crippen molar-refractivity contribution in [3.8, 4) is 5.69 Å². The normalized spacial score (nSPS) is 10.4. The highest BCUT2D eigenvalue weighted by atomic mass is 19.1. The monoisotopic (exact) mass is 369 g/mol. The summed E-state index contributed by atoms with van der Waals surface area (Å²) < 4.78 is 14.7.